The van der Waals surface area contributed by atoms with Gasteiger partial charge in [0.2, 0.25) is 0 Å². The van der Waals surface area contributed by atoms with Gasteiger partial charge in [-0.05, 0) is 136 Å². The zero-order chi connectivity index (χ0) is 36.8. The second-order valence-corrected chi connectivity index (χ2v) is 15.1. The Labute approximate surface area is 306 Å². The number of carboxylic acids is 1. The van der Waals surface area contributed by atoms with E-state index in [1.807, 2.05) is 36.4 Å². The molecule has 0 amide bonds. The third-order valence-electron chi connectivity index (χ3n) is 11.3. The molecule has 3 aromatic rings. The number of hydrogen-bond acceptors (Lipinski definition) is 4. The van der Waals surface area contributed by atoms with Crippen molar-refractivity contribution in [2.45, 2.75) is 117 Å². The van der Waals surface area contributed by atoms with Crippen molar-refractivity contribution in [3.8, 4) is 22.6 Å². The van der Waals surface area contributed by atoms with Crippen LogP contribution in [0.1, 0.15) is 114 Å². The van der Waals surface area contributed by atoms with E-state index >= 15 is 0 Å². The first-order chi connectivity index (χ1) is 25.0. The van der Waals surface area contributed by atoms with Crippen LogP contribution >= 0.6 is 0 Å². The molecule has 6 nitrogen and oxygen atoms in total. The summed E-state index contributed by atoms with van der Waals surface area (Å²) < 4.78 is 35.6. The Balaban J connectivity index is 1.23. The van der Waals surface area contributed by atoms with Crippen LogP contribution in [0.15, 0.2) is 82.5 Å². The number of H-pyrrole nitrogens is 1. The third-order valence-corrected chi connectivity index (χ3v) is 11.3. The summed E-state index contributed by atoms with van der Waals surface area (Å²) >= 11 is 0. The number of aromatic amines is 1. The monoisotopic (exact) mass is 710 g/mol. The minimum atomic E-state index is -2.84. The lowest BCUT2D eigenvalue weighted by Crippen LogP contribution is -2.27. The van der Waals surface area contributed by atoms with Crippen LogP contribution in [0.3, 0.4) is 0 Å². The maximum atomic E-state index is 12.8. The molecule has 8 heteroatoms. The number of carbonyl (C=O) groups is 1. The number of aryl methyl sites for hydroxylation is 1. The first kappa shape index (κ1) is 37.3. The van der Waals surface area contributed by atoms with Gasteiger partial charge in [-0.3, -0.25) is 4.99 Å². The molecule has 2 aromatic carbocycles. The Hall–Kier alpha value is -4.46. The number of rotatable bonds is 11. The number of hydrogen-bond donors (Lipinski definition) is 2. The van der Waals surface area contributed by atoms with E-state index in [1.54, 1.807) is 12.1 Å². The van der Waals surface area contributed by atoms with Gasteiger partial charge >= 0.3 is 12.6 Å². The molecule has 2 unspecified atom stereocenters. The Bertz CT molecular complexity index is 1870. The molecule has 0 radical (unpaired) electrons. The van der Waals surface area contributed by atoms with Gasteiger partial charge in [-0.15, -0.1) is 0 Å². The molecule has 0 saturated heterocycles. The van der Waals surface area contributed by atoms with Gasteiger partial charge in [0.25, 0.3) is 0 Å². The van der Waals surface area contributed by atoms with E-state index in [0.29, 0.717) is 11.7 Å². The van der Waals surface area contributed by atoms with Gasteiger partial charge < -0.3 is 19.6 Å². The van der Waals surface area contributed by atoms with Crippen molar-refractivity contribution >= 4 is 17.3 Å². The highest BCUT2D eigenvalue weighted by Crippen LogP contribution is 2.45. The van der Waals surface area contributed by atoms with Crippen LogP contribution in [0.2, 0.25) is 0 Å². The second kappa shape index (κ2) is 16.5. The standard InChI is InChI=1S/C44H52F2N2O4/c1-5-37-41(33-15-19-36(20-16-33)52-43(45)46)29(3)48-42(37)44(4)22-7-6-8-30(21-23-44)24-39-38-25-34(12-11-32(38)10-9-28(2)26-47-39)31-13-17-35(18-14-31)51-27-40(49)50/h13-20,25-26,30,43,48H,5-12,21-24,27H2,1-4H3,(H,49,50). The molecular weight excluding hydrogens is 658 g/mol. The molecule has 2 heterocycles. The molecule has 52 heavy (non-hydrogen) atoms. The minimum absolute atomic E-state index is 0.00628. The molecule has 2 atom stereocenters. The fourth-order valence-electron chi connectivity index (χ4n) is 8.49. The highest BCUT2D eigenvalue weighted by Gasteiger charge is 2.34. The average molecular weight is 711 g/mol. The number of benzene rings is 2. The molecule has 1 fully saturated rings. The molecule has 1 aromatic heterocycles. The largest absolute Gasteiger partial charge is 0.482 e. The topological polar surface area (TPSA) is 83.9 Å². The number of halogens is 2. The van der Waals surface area contributed by atoms with Gasteiger partial charge in [0, 0.05) is 34.3 Å². The van der Waals surface area contributed by atoms with Crippen LogP contribution in [0.4, 0.5) is 8.78 Å². The van der Waals surface area contributed by atoms with Crippen molar-refractivity contribution < 1.29 is 28.2 Å². The summed E-state index contributed by atoms with van der Waals surface area (Å²) in [7, 11) is 0. The van der Waals surface area contributed by atoms with Crippen LogP contribution in [0.25, 0.3) is 16.7 Å². The highest BCUT2D eigenvalue weighted by molar-refractivity contribution is 6.05. The average Bonchev–Trinajstić information content (AvgIpc) is 3.47. The zero-order valence-corrected chi connectivity index (χ0v) is 31.0. The number of aliphatic carboxylic acids is 1. The van der Waals surface area contributed by atoms with E-state index in [1.165, 1.54) is 64.1 Å². The SMILES string of the molecule is CCc1c(C2(C)CCCCC(CC3=NC=C(C)CCC4=C3C=C(c3ccc(OCC(=O)O)cc3)CC4)CC2)[nH]c(C)c1-c1ccc(OC(F)F)cc1. The predicted octanol–water partition coefficient (Wildman–Crippen LogP) is 11.5. The Morgan fingerprint density at radius 1 is 0.962 bits per heavy atom. The Morgan fingerprint density at radius 2 is 1.67 bits per heavy atom. The maximum Gasteiger partial charge on any atom is 0.387 e. The summed E-state index contributed by atoms with van der Waals surface area (Å²) in [4.78, 5) is 20.0. The fraction of sp³-hybridized carbons (Fsp3) is 0.455. The summed E-state index contributed by atoms with van der Waals surface area (Å²) in [6.07, 6.45) is 17.2. The highest BCUT2D eigenvalue weighted by atomic mass is 19.3. The van der Waals surface area contributed by atoms with Crippen molar-refractivity contribution in [1.29, 1.82) is 0 Å². The van der Waals surface area contributed by atoms with Gasteiger partial charge in [0.15, 0.2) is 6.61 Å². The predicted molar refractivity (Wildman–Crippen MR) is 204 cm³/mol. The van der Waals surface area contributed by atoms with Crippen LogP contribution in [-0.4, -0.2) is 35.0 Å². The molecule has 1 aliphatic heterocycles. The van der Waals surface area contributed by atoms with E-state index in [-0.39, 0.29) is 17.8 Å². The van der Waals surface area contributed by atoms with Crippen LogP contribution in [0, 0.1) is 12.8 Å². The zero-order valence-electron chi connectivity index (χ0n) is 31.0. The summed E-state index contributed by atoms with van der Waals surface area (Å²) in [5.74, 6) is 0.260. The van der Waals surface area contributed by atoms with Crippen LogP contribution in [0.5, 0.6) is 11.5 Å². The van der Waals surface area contributed by atoms with Gasteiger partial charge in [0.05, 0.1) is 0 Å². The number of nitrogens with zero attached hydrogens (tertiary/aromatic N) is 1. The molecule has 1 saturated carbocycles. The molecule has 6 rings (SSSR count). The van der Waals surface area contributed by atoms with Gasteiger partial charge in [-0.25, -0.2) is 4.79 Å². The summed E-state index contributed by atoms with van der Waals surface area (Å²) in [5, 5.41) is 8.97. The van der Waals surface area contributed by atoms with E-state index in [2.05, 4.69) is 49.7 Å². The normalized spacial score (nSPS) is 21.2. The fourth-order valence-corrected chi connectivity index (χ4v) is 8.49. The summed E-state index contributed by atoms with van der Waals surface area (Å²) in [6.45, 7) is 5.76. The Kier molecular flexibility index (Phi) is 11.8. The maximum absolute atomic E-state index is 12.8. The number of nitrogens with one attached hydrogen (secondary N) is 1. The van der Waals surface area contributed by atoms with Crippen molar-refractivity contribution in [2.24, 2.45) is 10.9 Å². The molecule has 2 aliphatic carbocycles. The van der Waals surface area contributed by atoms with E-state index in [4.69, 9.17) is 14.8 Å². The van der Waals surface area contributed by atoms with Crippen molar-refractivity contribution in [1.82, 2.24) is 4.98 Å². The Morgan fingerprint density at radius 3 is 2.38 bits per heavy atom. The third kappa shape index (κ3) is 8.76. The second-order valence-electron chi connectivity index (χ2n) is 15.1. The smallest absolute Gasteiger partial charge is 0.387 e. The molecule has 0 spiro atoms. The van der Waals surface area contributed by atoms with E-state index in [9.17, 15) is 13.6 Å². The lowest BCUT2D eigenvalue weighted by molar-refractivity contribution is -0.139. The number of aliphatic imine (C=N–C) groups is 1. The van der Waals surface area contributed by atoms with Gasteiger partial charge in [-0.2, -0.15) is 8.78 Å². The number of ether oxygens (including phenoxy) is 2. The molecular formula is C44H52F2N2O4. The van der Waals surface area contributed by atoms with Gasteiger partial charge in [0.1, 0.15) is 11.5 Å². The van der Waals surface area contributed by atoms with Crippen LogP contribution in [-0.2, 0) is 16.6 Å². The lowest BCUT2D eigenvalue weighted by atomic mass is 9.70. The molecule has 2 N–H and O–H groups in total. The quantitative estimate of drug-likeness (QED) is 0.207. The van der Waals surface area contributed by atoms with Crippen LogP contribution < -0.4 is 9.47 Å². The van der Waals surface area contributed by atoms with E-state index in [0.717, 1.165) is 74.6 Å². The summed E-state index contributed by atoms with van der Waals surface area (Å²) in [5.41, 5.74) is 13.7. The van der Waals surface area contributed by atoms with E-state index < -0.39 is 12.6 Å². The van der Waals surface area contributed by atoms with Crippen molar-refractivity contribution in [2.75, 3.05) is 6.61 Å². The number of alkyl halides is 2. The van der Waals surface area contributed by atoms with Crippen molar-refractivity contribution in [3.05, 3.63) is 100 Å². The number of allylic oxidation sites excluding steroid dienone is 5. The van der Waals surface area contributed by atoms with Crippen molar-refractivity contribution in [3.63, 3.8) is 0 Å². The molecule has 3 aliphatic rings. The minimum Gasteiger partial charge on any atom is -0.482 e. The molecule has 276 valence electrons. The lowest BCUT2D eigenvalue weighted by Gasteiger charge is -2.35. The van der Waals surface area contributed by atoms with Gasteiger partial charge in [-0.1, -0.05) is 68.5 Å². The first-order valence-electron chi connectivity index (χ1n) is 18.9. The molecule has 0 bridgehead atoms. The summed E-state index contributed by atoms with van der Waals surface area (Å²) in [6, 6.07) is 14.8. The number of carboxylic acid groups (broad SMARTS) is 1. The first-order valence-corrected chi connectivity index (χ1v) is 18.9. The number of aromatic nitrogens is 1.